The van der Waals surface area contributed by atoms with Gasteiger partial charge in [0.15, 0.2) is 0 Å². The molecule has 0 aliphatic rings. The molecule has 2 rings (SSSR count). The third-order valence-electron chi connectivity index (χ3n) is 4.47. The van der Waals surface area contributed by atoms with Gasteiger partial charge in [0.2, 0.25) is 5.95 Å². The number of anilines is 3. The van der Waals surface area contributed by atoms with E-state index < -0.39 is 21.4 Å². The summed E-state index contributed by atoms with van der Waals surface area (Å²) in [5, 5.41) is 16.4. The van der Waals surface area contributed by atoms with E-state index in [2.05, 4.69) is 47.1 Å². The van der Waals surface area contributed by atoms with Crippen molar-refractivity contribution in [2.24, 2.45) is 0 Å². The van der Waals surface area contributed by atoms with Gasteiger partial charge in [0, 0.05) is 11.9 Å². The Morgan fingerprint density at radius 3 is 2.68 bits per heavy atom. The normalized spacial score (nSPS) is 14.3. The first-order valence-corrected chi connectivity index (χ1v) is 12.1. The summed E-state index contributed by atoms with van der Waals surface area (Å²) in [6.45, 7) is 8.86. The van der Waals surface area contributed by atoms with E-state index in [-0.39, 0.29) is 12.6 Å². The molecule has 170 valence electrons. The van der Waals surface area contributed by atoms with Gasteiger partial charge in [-0.15, -0.1) is 0 Å². The minimum atomic E-state index is -3.07. The molecule has 31 heavy (non-hydrogen) atoms. The first-order valence-electron chi connectivity index (χ1n) is 9.54. The van der Waals surface area contributed by atoms with Crippen LogP contribution >= 0.6 is 15.9 Å². The van der Waals surface area contributed by atoms with E-state index in [1.54, 1.807) is 52.1 Å². The van der Waals surface area contributed by atoms with Crippen molar-refractivity contribution in [3.05, 3.63) is 34.4 Å². The SMILES string of the molecule is C=S(=O)(NC(=O)OCC)c1ccc(Nc2ncc(Br)c(N[C@H](C)C(C)(C)O)n2)cc1C. The van der Waals surface area contributed by atoms with Gasteiger partial charge in [-0.3, -0.25) is 0 Å². The Hall–Kier alpha value is -2.37. The Bertz CT molecular complexity index is 1050. The van der Waals surface area contributed by atoms with Crippen molar-refractivity contribution in [3.63, 3.8) is 0 Å². The minimum absolute atomic E-state index is 0.168. The number of halogens is 1. The fraction of sp³-hybridized carbons (Fsp3) is 0.400. The molecule has 0 saturated heterocycles. The van der Waals surface area contributed by atoms with Crippen LogP contribution in [-0.2, 0) is 14.4 Å². The van der Waals surface area contributed by atoms with Crippen LogP contribution < -0.4 is 15.4 Å². The van der Waals surface area contributed by atoms with E-state index in [1.165, 1.54) is 0 Å². The largest absolute Gasteiger partial charge is 0.449 e. The summed E-state index contributed by atoms with van der Waals surface area (Å²) in [7, 11) is -3.07. The lowest BCUT2D eigenvalue weighted by Gasteiger charge is -2.27. The number of nitrogens with zero attached hydrogens (tertiary/aromatic N) is 2. The number of amides is 1. The van der Waals surface area contributed by atoms with Gasteiger partial charge in [-0.25, -0.2) is 18.7 Å². The molecule has 0 aliphatic carbocycles. The number of ether oxygens (including phenoxy) is 1. The van der Waals surface area contributed by atoms with Crippen LogP contribution in [0.15, 0.2) is 33.8 Å². The van der Waals surface area contributed by atoms with Crippen molar-refractivity contribution < 1.29 is 18.8 Å². The molecule has 0 saturated carbocycles. The molecule has 0 fully saturated rings. The summed E-state index contributed by atoms with van der Waals surface area (Å²) in [6, 6.07) is 4.81. The molecule has 1 aromatic heterocycles. The van der Waals surface area contributed by atoms with E-state index in [0.717, 1.165) is 0 Å². The molecule has 1 heterocycles. The Balaban J connectivity index is 2.22. The maximum absolute atomic E-state index is 12.8. The van der Waals surface area contributed by atoms with Crippen molar-refractivity contribution in [3.8, 4) is 0 Å². The quantitative estimate of drug-likeness (QED) is 0.394. The van der Waals surface area contributed by atoms with Crippen molar-refractivity contribution in [1.82, 2.24) is 14.7 Å². The molecule has 2 aromatic rings. The number of nitrogens with one attached hydrogen (secondary N) is 3. The number of benzene rings is 1. The number of hydrogen-bond acceptors (Lipinski definition) is 8. The van der Waals surface area contributed by atoms with E-state index in [1.807, 2.05) is 6.92 Å². The standard InChI is InChI=1S/C20H28BrN5O4S/c1-7-30-19(27)26-31(6,29)16-9-8-14(10-12(16)2)24-18-22-11-15(21)17(25-18)23-13(3)20(4,5)28/h8-11,13,28H,6-7H2,1-5H3,(H,26,27,29)(H2,22,23,24,25)/t13-,31?/m1/s1. The highest BCUT2D eigenvalue weighted by atomic mass is 79.9. The molecule has 11 heteroatoms. The number of aryl methyl sites for hydroxylation is 1. The first-order chi connectivity index (χ1) is 14.3. The Labute approximate surface area is 191 Å². The third-order valence-corrected chi connectivity index (χ3v) is 6.71. The monoisotopic (exact) mass is 513 g/mol. The average molecular weight is 514 g/mol. The minimum Gasteiger partial charge on any atom is -0.449 e. The Morgan fingerprint density at radius 2 is 2.10 bits per heavy atom. The van der Waals surface area contributed by atoms with E-state index >= 15 is 0 Å². The number of carbonyl (C=O) groups is 1. The summed E-state index contributed by atoms with van der Waals surface area (Å²) in [4.78, 5) is 20.7. The van der Waals surface area contributed by atoms with Gasteiger partial charge >= 0.3 is 6.09 Å². The zero-order valence-corrected chi connectivity index (χ0v) is 20.6. The third kappa shape index (κ3) is 6.81. The van der Waals surface area contributed by atoms with Gasteiger partial charge in [-0.2, -0.15) is 4.98 Å². The van der Waals surface area contributed by atoms with E-state index in [9.17, 15) is 14.1 Å². The van der Waals surface area contributed by atoms with Crippen LogP contribution in [0.2, 0.25) is 0 Å². The summed E-state index contributed by atoms with van der Waals surface area (Å²) in [5.41, 5.74) is 0.383. The second kappa shape index (κ2) is 9.84. The van der Waals surface area contributed by atoms with Gasteiger partial charge in [-0.05, 0) is 80.2 Å². The Kier molecular flexibility index (Phi) is 7.90. The van der Waals surface area contributed by atoms with Crippen molar-refractivity contribution in [2.75, 3.05) is 17.2 Å². The number of carbonyl (C=O) groups excluding carboxylic acids is 1. The summed E-state index contributed by atoms with van der Waals surface area (Å²) in [6.07, 6.45) is 0.815. The lowest BCUT2D eigenvalue weighted by atomic mass is 10.0. The Morgan fingerprint density at radius 1 is 1.42 bits per heavy atom. The molecular formula is C20H28BrN5O4S. The van der Waals surface area contributed by atoms with Gasteiger partial charge in [-0.1, -0.05) is 0 Å². The van der Waals surface area contributed by atoms with Crippen LogP contribution in [0, 0.1) is 6.92 Å². The molecule has 0 radical (unpaired) electrons. The van der Waals surface area contributed by atoms with E-state index in [4.69, 9.17) is 4.74 Å². The summed E-state index contributed by atoms with van der Waals surface area (Å²) >= 11 is 3.40. The van der Waals surface area contributed by atoms with Crippen molar-refractivity contribution >= 4 is 55.1 Å². The highest BCUT2D eigenvalue weighted by Crippen LogP contribution is 2.26. The number of aromatic nitrogens is 2. The topological polar surface area (TPSA) is 125 Å². The molecule has 2 atom stereocenters. The van der Waals surface area contributed by atoms with Crippen LogP contribution in [0.3, 0.4) is 0 Å². The summed E-state index contributed by atoms with van der Waals surface area (Å²) < 4.78 is 20.6. The van der Waals surface area contributed by atoms with Crippen LogP contribution in [0.4, 0.5) is 22.2 Å². The average Bonchev–Trinajstić information content (AvgIpc) is 2.63. The van der Waals surface area contributed by atoms with Gasteiger partial charge in [0.25, 0.3) is 0 Å². The maximum atomic E-state index is 12.8. The zero-order valence-electron chi connectivity index (χ0n) is 18.2. The van der Waals surface area contributed by atoms with Crippen LogP contribution in [0.25, 0.3) is 0 Å². The van der Waals surface area contributed by atoms with Crippen molar-refractivity contribution in [1.29, 1.82) is 0 Å². The number of aliphatic hydroxyl groups is 1. The van der Waals surface area contributed by atoms with Crippen LogP contribution in [0.1, 0.15) is 33.3 Å². The van der Waals surface area contributed by atoms with Crippen molar-refractivity contribution in [2.45, 2.75) is 51.2 Å². The molecule has 1 unspecified atom stereocenters. The van der Waals surface area contributed by atoms with Gasteiger partial charge in [0.05, 0.1) is 37.3 Å². The lowest BCUT2D eigenvalue weighted by molar-refractivity contribution is 0.0647. The molecule has 0 spiro atoms. The second-order valence-corrected chi connectivity index (χ2v) is 10.4. The predicted octanol–water partition coefficient (Wildman–Crippen LogP) is 3.60. The van der Waals surface area contributed by atoms with Crippen LogP contribution in [0.5, 0.6) is 0 Å². The smallest absolute Gasteiger partial charge is 0.418 e. The second-order valence-electron chi connectivity index (χ2n) is 7.51. The van der Waals surface area contributed by atoms with Gasteiger partial charge in [0.1, 0.15) is 5.82 Å². The fourth-order valence-corrected chi connectivity index (χ4v) is 4.10. The maximum Gasteiger partial charge on any atom is 0.418 e. The predicted molar refractivity (Wildman–Crippen MR) is 127 cm³/mol. The molecule has 0 bridgehead atoms. The molecule has 9 nitrogen and oxygen atoms in total. The highest BCUT2D eigenvalue weighted by Gasteiger charge is 2.23. The first kappa shape index (κ1) is 24.9. The van der Waals surface area contributed by atoms with Gasteiger partial charge < -0.3 is 20.5 Å². The fourth-order valence-electron chi connectivity index (χ4n) is 2.49. The molecule has 0 aliphatic heterocycles. The molecule has 1 amide bonds. The number of rotatable bonds is 8. The number of hydrogen-bond donors (Lipinski definition) is 4. The highest BCUT2D eigenvalue weighted by molar-refractivity contribution is 9.10. The molecule has 1 aromatic carbocycles. The van der Waals surface area contributed by atoms with Crippen LogP contribution in [-0.4, -0.2) is 49.5 Å². The van der Waals surface area contributed by atoms with E-state index in [0.29, 0.717) is 32.4 Å². The summed E-state index contributed by atoms with van der Waals surface area (Å²) in [5.74, 6) is 4.50. The molecular weight excluding hydrogens is 486 g/mol. The zero-order chi connectivity index (χ0) is 23.4. The molecule has 4 N–H and O–H groups in total. The lowest BCUT2D eigenvalue weighted by Crippen LogP contribution is -2.39.